The Labute approximate surface area is 336 Å². The minimum Gasteiger partial charge on any atom is -0.459 e. The minimum absolute atomic E-state index is 0.0866. The topological polar surface area (TPSA) is 144 Å². The lowest BCUT2D eigenvalue weighted by Crippen LogP contribution is -2.48. The van der Waals surface area contributed by atoms with E-state index in [0.717, 1.165) is 45.9 Å². The van der Waals surface area contributed by atoms with Gasteiger partial charge in [0.25, 0.3) is 10.1 Å². The maximum absolute atomic E-state index is 13.8. The first-order chi connectivity index (χ1) is 28.1. The van der Waals surface area contributed by atoms with Crippen LogP contribution in [-0.4, -0.2) is 70.8 Å². The van der Waals surface area contributed by atoms with E-state index in [-0.39, 0.29) is 16.7 Å². The van der Waals surface area contributed by atoms with Gasteiger partial charge in [-0.3, -0.25) is 4.18 Å². The molecule has 0 saturated heterocycles. The van der Waals surface area contributed by atoms with Gasteiger partial charge in [-0.05, 0) is 69.8 Å². The normalized spacial score (nSPS) is 12.9. The Morgan fingerprint density at radius 1 is 0.534 bits per heavy atom. The summed E-state index contributed by atoms with van der Waals surface area (Å²) in [5.41, 5.74) is 5.69. The first-order valence-electron chi connectivity index (χ1n) is 18.1. The number of nitrogens with zero attached hydrogens (tertiary/aromatic N) is 1. The van der Waals surface area contributed by atoms with Crippen molar-refractivity contribution in [3.8, 4) is 33.4 Å². The predicted molar refractivity (Wildman–Crippen MR) is 220 cm³/mol. The van der Waals surface area contributed by atoms with Crippen molar-refractivity contribution in [3.05, 3.63) is 180 Å². The molecule has 0 bridgehead atoms. The Hall–Kier alpha value is -6.89. The SMILES string of the molecule is CON=CC(OC(=O)c1ccc(-c2ccccc2)cc1)C(OC(=O)c1ccc(-c2ccccc2)cc1)C(COC(=O)c1ccc(-c2ccccc2)cc1)OS(C)(=O)=O. The monoisotopic (exact) mass is 797 g/mol. The van der Waals surface area contributed by atoms with E-state index in [9.17, 15) is 22.8 Å². The molecule has 0 aliphatic rings. The third kappa shape index (κ3) is 11.1. The number of esters is 3. The van der Waals surface area contributed by atoms with Gasteiger partial charge >= 0.3 is 17.9 Å². The van der Waals surface area contributed by atoms with Crippen LogP contribution in [0.2, 0.25) is 0 Å². The van der Waals surface area contributed by atoms with Crippen LogP contribution in [0.1, 0.15) is 31.1 Å². The maximum Gasteiger partial charge on any atom is 0.338 e. The van der Waals surface area contributed by atoms with Crippen LogP contribution in [0.25, 0.3) is 33.4 Å². The fourth-order valence-corrected chi connectivity index (χ4v) is 6.59. The van der Waals surface area contributed by atoms with Gasteiger partial charge < -0.3 is 19.0 Å². The van der Waals surface area contributed by atoms with Gasteiger partial charge in [-0.1, -0.05) is 133 Å². The van der Waals surface area contributed by atoms with Crippen molar-refractivity contribution < 1.29 is 46.0 Å². The summed E-state index contributed by atoms with van der Waals surface area (Å²) < 4.78 is 48.2. The molecule has 0 aliphatic carbocycles. The Morgan fingerprint density at radius 3 is 1.28 bits per heavy atom. The number of benzene rings is 6. The van der Waals surface area contributed by atoms with Crippen LogP contribution < -0.4 is 0 Å². The van der Waals surface area contributed by atoms with Crippen molar-refractivity contribution in [1.29, 1.82) is 0 Å². The van der Waals surface area contributed by atoms with Gasteiger partial charge in [-0.2, -0.15) is 8.42 Å². The molecule has 6 rings (SSSR count). The van der Waals surface area contributed by atoms with Gasteiger partial charge in [-0.15, -0.1) is 0 Å². The van der Waals surface area contributed by atoms with E-state index < -0.39 is 52.9 Å². The molecule has 0 amide bonds. The van der Waals surface area contributed by atoms with Gasteiger partial charge in [0.05, 0.1) is 29.2 Å². The second-order valence-corrected chi connectivity index (χ2v) is 14.5. The van der Waals surface area contributed by atoms with Crippen molar-refractivity contribution in [1.82, 2.24) is 0 Å². The summed E-state index contributed by atoms with van der Waals surface area (Å²) >= 11 is 0. The molecule has 294 valence electrons. The Bertz CT molecular complexity index is 2420. The molecular formula is C46H39NO10S. The molecule has 0 saturated carbocycles. The number of oxime groups is 1. The van der Waals surface area contributed by atoms with Gasteiger partial charge in [0.15, 0.2) is 18.3 Å². The fraction of sp³-hybridized carbons (Fsp3) is 0.130. The summed E-state index contributed by atoms with van der Waals surface area (Å²) in [5.74, 6) is -2.61. The number of rotatable bonds is 16. The molecule has 0 spiro atoms. The zero-order valence-corrected chi connectivity index (χ0v) is 32.4. The largest absolute Gasteiger partial charge is 0.459 e. The molecule has 0 aliphatic heterocycles. The molecule has 0 fully saturated rings. The van der Waals surface area contributed by atoms with Crippen LogP contribution in [-0.2, 0) is 33.3 Å². The van der Waals surface area contributed by atoms with E-state index in [1.54, 1.807) is 60.7 Å². The molecule has 0 radical (unpaired) electrons. The standard InChI is InChI=1S/C46H39NO10S/c1-53-47-30-41(55-45(49)39-26-20-36(21-27-39)33-14-8-4-9-15-33)43(56-46(50)40-28-22-37(23-29-40)34-16-10-5-11-17-34)42(57-58(2,51)52)31-54-44(48)38-24-18-35(19-25-38)32-12-6-3-7-13-32/h3-30,41-43H,31H2,1-2H3. The summed E-state index contributed by atoms with van der Waals surface area (Å²) in [5, 5.41) is 3.77. The van der Waals surface area contributed by atoms with E-state index in [1.165, 1.54) is 19.2 Å². The molecule has 0 heterocycles. The molecule has 58 heavy (non-hydrogen) atoms. The van der Waals surface area contributed by atoms with Crippen molar-refractivity contribution in [2.75, 3.05) is 20.0 Å². The van der Waals surface area contributed by atoms with Crippen LogP contribution in [0.3, 0.4) is 0 Å². The van der Waals surface area contributed by atoms with Crippen LogP contribution in [0, 0.1) is 0 Å². The molecule has 3 atom stereocenters. The van der Waals surface area contributed by atoms with Crippen LogP contribution in [0.4, 0.5) is 0 Å². The Morgan fingerprint density at radius 2 is 0.897 bits per heavy atom. The highest BCUT2D eigenvalue weighted by Gasteiger charge is 2.40. The maximum atomic E-state index is 13.8. The lowest BCUT2D eigenvalue weighted by Gasteiger charge is -2.30. The van der Waals surface area contributed by atoms with Crippen molar-refractivity contribution >= 4 is 34.2 Å². The van der Waals surface area contributed by atoms with Crippen LogP contribution in [0.15, 0.2) is 169 Å². The summed E-state index contributed by atoms with van der Waals surface area (Å²) in [6.07, 6.45) is -3.31. The third-order valence-corrected chi connectivity index (χ3v) is 9.45. The molecule has 0 aromatic heterocycles. The van der Waals surface area contributed by atoms with Gasteiger partial charge in [0.2, 0.25) is 0 Å². The average Bonchev–Trinajstić information content (AvgIpc) is 3.26. The van der Waals surface area contributed by atoms with Crippen molar-refractivity contribution in [2.45, 2.75) is 18.3 Å². The number of ether oxygens (including phenoxy) is 3. The zero-order valence-electron chi connectivity index (χ0n) is 31.5. The van der Waals surface area contributed by atoms with Gasteiger partial charge in [0, 0.05) is 0 Å². The van der Waals surface area contributed by atoms with Crippen molar-refractivity contribution in [3.63, 3.8) is 0 Å². The second-order valence-electron chi connectivity index (χ2n) is 12.9. The lowest BCUT2D eigenvalue weighted by atomic mass is 10.0. The fourth-order valence-electron chi connectivity index (χ4n) is 5.97. The lowest BCUT2D eigenvalue weighted by molar-refractivity contribution is -0.0683. The highest BCUT2D eigenvalue weighted by molar-refractivity contribution is 7.86. The first-order valence-corrected chi connectivity index (χ1v) is 19.9. The molecule has 11 nitrogen and oxygen atoms in total. The second kappa shape index (κ2) is 19.3. The van der Waals surface area contributed by atoms with Crippen LogP contribution in [0.5, 0.6) is 0 Å². The Kier molecular flexibility index (Phi) is 13.6. The highest BCUT2D eigenvalue weighted by Crippen LogP contribution is 2.25. The average molecular weight is 798 g/mol. The van der Waals surface area contributed by atoms with E-state index in [0.29, 0.717) is 0 Å². The van der Waals surface area contributed by atoms with E-state index in [2.05, 4.69) is 5.16 Å². The molecule has 3 unspecified atom stereocenters. The molecule has 6 aromatic rings. The quantitative estimate of drug-likeness (QED) is 0.0309. The summed E-state index contributed by atoms with van der Waals surface area (Å²) in [6.45, 7) is -0.752. The van der Waals surface area contributed by atoms with E-state index in [1.807, 2.05) is 91.0 Å². The van der Waals surface area contributed by atoms with Gasteiger partial charge in [-0.25, -0.2) is 14.4 Å². The minimum atomic E-state index is -4.32. The van der Waals surface area contributed by atoms with Gasteiger partial charge in [0.1, 0.15) is 13.7 Å². The number of carbonyl (C=O) groups excluding carboxylic acids is 3. The summed E-state index contributed by atoms with van der Waals surface area (Å²) in [6, 6.07) is 48.3. The molecule has 6 aromatic carbocycles. The van der Waals surface area contributed by atoms with E-state index in [4.69, 9.17) is 23.2 Å². The predicted octanol–water partition coefficient (Wildman–Crippen LogP) is 8.27. The van der Waals surface area contributed by atoms with Crippen LogP contribution >= 0.6 is 0 Å². The number of hydrogen-bond acceptors (Lipinski definition) is 11. The molecule has 0 N–H and O–H groups in total. The Balaban J connectivity index is 1.30. The highest BCUT2D eigenvalue weighted by atomic mass is 32.2. The summed E-state index contributed by atoms with van der Waals surface area (Å²) in [4.78, 5) is 45.8. The smallest absolute Gasteiger partial charge is 0.338 e. The summed E-state index contributed by atoms with van der Waals surface area (Å²) in [7, 11) is -3.08. The number of hydrogen-bond donors (Lipinski definition) is 0. The van der Waals surface area contributed by atoms with E-state index >= 15 is 0 Å². The third-order valence-electron chi connectivity index (χ3n) is 8.85. The van der Waals surface area contributed by atoms with Crippen molar-refractivity contribution in [2.24, 2.45) is 5.16 Å². The first kappa shape index (κ1) is 40.8. The zero-order chi connectivity index (χ0) is 40.9. The molecular weight excluding hydrogens is 759 g/mol. The molecule has 12 heteroatoms. The number of carbonyl (C=O) groups is 3.